The zero-order chi connectivity index (χ0) is 33.7. The van der Waals surface area contributed by atoms with Crippen LogP contribution in [0.4, 0.5) is 16.5 Å². The number of nitrogens with zero attached hydrogens (tertiary/aromatic N) is 4. The summed E-state index contributed by atoms with van der Waals surface area (Å²) in [6.07, 6.45) is 1.79. The summed E-state index contributed by atoms with van der Waals surface area (Å²) in [4.78, 5) is 2.33. The molecule has 1 heterocycles. The SMILES string of the molecule is Cc1cc(N(Cc2ccccc2)CC(COC(C)(C)C)OCCOCCOCCOCCOCCO)ccc1N=Nc1scc[n+]1C. The average molecular weight is 674 g/mol. The van der Waals surface area contributed by atoms with Crippen molar-refractivity contribution in [1.29, 1.82) is 0 Å². The number of aromatic nitrogens is 1. The highest BCUT2D eigenvalue weighted by Gasteiger charge is 2.21. The zero-order valence-electron chi connectivity index (χ0n) is 28.6. The largest absolute Gasteiger partial charge is 0.408 e. The van der Waals surface area contributed by atoms with Gasteiger partial charge in [0.1, 0.15) is 11.9 Å². The number of ether oxygens (including phenoxy) is 6. The Balaban J connectivity index is 1.56. The van der Waals surface area contributed by atoms with Gasteiger partial charge in [-0.15, -0.1) is 0 Å². The molecule has 260 valence electrons. The first-order valence-electron chi connectivity index (χ1n) is 16.2. The summed E-state index contributed by atoms with van der Waals surface area (Å²) in [7, 11) is 1.96. The number of aryl methyl sites for hydroxylation is 2. The van der Waals surface area contributed by atoms with E-state index in [1.54, 1.807) is 11.3 Å². The summed E-state index contributed by atoms with van der Waals surface area (Å²) in [5.74, 6) is 0. The van der Waals surface area contributed by atoms with Crippen molar-refractivity contribution in [3.8, 4) is 0 Å². The fourth-order valence-corrected chi connectivity index (χ4v) is 5.06. The summed E-state index contributed by atoms with van der Waals surface area (Å²) in [6.45, 7) is 14.1. The molecule has 47 heavy (non-hydrogen) atoms. The average Bonchev–Trinajstić information content (AvgIpc) is 3.46. The highest BCUT2D eigenvalue weighted by atomic mass is 32.1. The van der Waals surface area contributed by atoms with E-state index in [0.717, 1.165) is 28.6 Å². The maximum Gasteiger partial charge on any atom is 0.408 e. The van der Waals surface area contributed by atoms with E-state index in [9.17, 15) is 0 Å². The number of hydrogen-bond donors (Lipinski definition) is 1. The van der Waals surface area contributed by atoms with Crippen LogP contribution in [0.2, 0.25) is 0 Å². The number of aliphatic hydroxyl groups is 1. The predicted molar refractivity (Wildman–Crippen MR) is 184 cm³/mol. The van der Waals surface area contributed by atoms with E-state index in [1.807, 2.05) is 35.3 Å². The molecule has 0 bridgehead atoms. The van der Waals surface area contributed by atoms with Crippen molar-refractivity contribution >= 4 is 27.8 Å². The molecule has 0 fully saturated rings. The number of aliphatic hydroxyl groups excluding tert-OH is 1. The smallest absolute Gasteiger partial charge is 0.394 e. The first kappa shape index (κ1) is 38.6. The van der Waals surface area contributed by atoms with Gasteiger partial charge in [0, 0.05) is 24.2 Å². The molecule has 0 saturated heterocycles. The van der Waals surface area contributed by atoms with Crippen molar-refractivity contribution < 1.29 is 38.1 Å². The molecule has 0 amide bonds. The van der Waals surface area contributed by atoms with Crippen LogP contribution in [-0.4, -0.2) is 96.0 Å². The molecule has 1 unspecified atom stereocenters. The van der Waals surface area contributed by atoms with Crippen LogP contribution in [0.15, 0.2) is 70.3 Å². The van der Waals surface area contributed by atoms with E-state index in [2.05, 4.69) is 79.2 Å². The zero-order valence-corrected chi connectivity index (χ0v) is 29.5. The number of azo groups is 1. The van der Waals surface area contributed by atoms with E-state index in [0.29, 0.717) is 72.6 Å². The van der Waals surface area contributed by atoms with Gasteiger partial charge in [0.15, 0.2) is 0 Å². The molecule has 1 atom stereocenters. The van der Waals surface area contributed by atoms with Crippen molar-refractivity contribution in [2.45, 2.75) is 45.9 Å². The Morgan fingerprint density at radius 3 is 2.06 bits per heavy atom. The molecule has 3 aromatic rings. The van der Waals surface area contributed by atoms with Gasteiger partial charge in [0.25, 0.3) is 0 Å². The third kappa shape index (κ3) is 16.2. The van der Waals surface area contributed by atoms with Crippen molar-refractivity contribution in [2.24, 2.45) is 17.3 Å². The Kier molecular flexibility index (Phi) is 18.0. The predicted octanol–water partition coefficient (Wildman–Crippen LogP) is 5.56. The number of rotatable bonds is 24. The molecule has 0 saturated carbocycles. The normalized spacial score (nSPS) is 12.6. The fourth-order valence-electron chi connectivity index (χ4n) is 4.38. The van der Waals surface area contributed by atoms with Crippen molar-refractivity contribution in [3.63, 3.8) is 0 Å². The lowest BCUT2D eigenvalue weighted by atomic mass is 10.1. The van der Waals surface area contributed by atoms with Crippen LogP contribution in [0.3, 0.4) is 0 Å². The minimum absolute atomic E-state index is 0.0191. The molecule has 2 aromatic carbocycles. The summed E-state index contributed by atoms with van der Waals surface area (Å²) in [6, 6.07) is 16.7. The van der Waals surface area contributed by atoms with Gasteiger partial charge in [-0.1, -0.05) is 30.3 Å². The summed E-state index contributed by atoms with van der Waals surface area (Å²) in [5, 5.41) is 20.5. The highest BCUT2D eigenvalue weighted by molar-refractivity contribution is 7.12. The van der Waals surface area contributed by atoms with Crippen molar-refractivity contribution in [3.05, 3.63) is 71.2 Å². The molecule has 11 nitrogen and oxygen atoms in total. The quantitative estimate of drug-likeness (QED) is 0.0749. The molecule has 1 aromatic heterocycles. The van der Waals surface area contributed by atoms with Crippen LogP contribution in [0, 0.1) is 6.92 Å². The Hall–Kier alpha value is -2.81. The van der Waals surface area contributed by atoms with Gasteiger partial charge in [-0.25, -0.2) is 4.57 Å². The molecule has 1 N–H and O–H groups in total. The van der Waals surface area contributed by atoms with E-state index in [4.69, 9.17) is 33.5 Å². The standard InChI is InChI=1S/C35H53N4O7S/c1-29-25-31(11-12-33(29)36-37-34-38(5)13-24-47-34)39(26-30-9-7-6-8-10-30)27-32(28-46-35(2,3)4)45-23-22-44-21-20-43-19-18-42-17-16-41-15-14-40/h6-13,24-25,32,40H,14-23,26-28H2,1-5H3/q+1. The molecule has 3 rings (SSSR count). The lowest BCUT2D eigenvalue weighted by Gasteiger charge is -2.31. The van der Waals surface area contributed by atoms with Gasteiger partial charge >= 0.3 is 5.13 Å². The summed E-state index contributed by atoms with van der Waals surface area (Å²) < 4.78 is 36.4. The van der Waals surface area contributed by atoms with Gasteiger partial charge in [0.05, 0.1) is 96.5 Å². The van der Waals surface area contributed by atoms with Gasteiger partial charge < -0.3 is 38.4 Å². The number of benzene rings is 2. The lowest BCUT2D eigenvalue weighted by Crippen LogP contribution is -2.39. The first-order chi connectivity index (χ1) is 22.7. The third-order valence-electron chi connectivity index (χ3n) is 6.82. The van der Waals surface area contributed by atoms with Crippen molar-refractivity contribution in [1.82, 2.24) is 0 Å². The molecule has 0 aliphatic heterocycles. The topological polar surface area (TPSA) is 107 Å². The van der Waals surface area contributed by atoms with E-state index in [1.165, 1.54) is 5.56 Å². The molecule has 0 aliphatic rings. The second-order valence-corrected chi connectivity index (χ2v) is 12.8. The Labute approximate surface area is 284 Å². The minimum atomic E-state index is -0.293. The van der Waals surface area contributed by atoms with Gasteiger partial charge in [-0.2, -0.15) is 0 Å². The van der Waals surface area contributed by atoms with E-state index in [-0.39, 0.29) is 18.3 Å². The van der Waals surface area contributed by atoms with Gasteiger partial charge in [0.2, 0.25) is 0 Å². The summed E-state index contributed by atoms with van der Waals surface area (Å²) in [5.41, 5.74) is 3.87. The molecule has 0 aliphatic carbocycles. The number of thiazole rings is 1. The Bertz CT molecular complexity index is 1290. The minimum Gasteiger partial charge on any atom is -0.394 e. The lowest BCUT2D eigenvalue weighted by molar-refractivity contribution is -0.654. The van der Waals surface area contributed by atoms with E-state index >= 15 is 0 Å². The van der Waals surface area contributed by atoms with Crippen LogP contribution in [0.5, 0.6) is 0 Å². The number of anilines is 1. The van der Waals surface area contributed by atoms with Crippen LogP contribution in [0.25, 0.3) is 0 Å². The number of hydrogen-bond acceptors (Lipinski definition) is 11. The molecular weight excluding hydrogens is 620 g/mol. The van der Waals surface area contributed by atoms with Gasteiger partial charge in [-0.3, -0.25) is 0 Å². The monoisotopic (exact) mass is 673 g/mol. The molecule has 12 heteroatoms. The highest BCUT2D eigenvalue weighted by Crippen LogP contribution is 2.28. The maximum atomic E-state index is 8.69. The maximum absolute atomic E-state index is 8.69. The summed E-state index contributed by atoms with van der Waals surface area (Å²) >= 11 is 1.55. The van der Waals surface area contributed by atoms with Crippen LogP contribution in [-0.2, 0) is 42.0 Å². The second-order valence-electron chi connectivity index (χ2n) is 11.9. The molecule has 0 radical (unpaired) electrons. The van der Waals surface area contributed by atoms with Crippen LogP contribution >= 0.6 is 11.3 Å². The molecular formula is C35H53N4O7S+. The van der Waals surface area contributed by atoms with Crippen LogP contribution in [0.1, 0.15) is 31.9 Å². The second kappa shape index (κ2) is 21.9. The van der Waals surface area contributed by atoms with Gasteiger partial charge in [-0.05, 0) is 73.5 Å². The fraction of sp³-hybridized carbons (Fsp3) is 0.571. The van der Waals surface area contributed by atoms with Crippen molar-refractivity contribution in [2.75, 3.05) is 84.1 Å². The third-order valence-corrected chi connectivity index (χ3v) is 7.66. The van der Waals surface area contributed by atoms with E-state index < -0.39 is 0 Å². The Morgan fingerprint density at radius 2 is 1.49 bits per heavy atom. The Morgan fingerprint density at radius 1 is 0.851 bits per heavy atom. The molecule has 0 spiro atoms. The van der Waals surface area contributed by atoms with Crippen LogP contribution < -0.4 is 9.47 Å². The first-order valence-corrected chi connectivity index (χ1v) is 17.0.